The summed E-state index contributed by atoms with van der Waals surface area (Å²) in [6.45, 7) is 0. The molecule has 0 atom stereocenters. The summed E-state index contributed by atoms with van der Waals surface area (Å²) in [5.74, 6) is -1.24. The molecule has 0 fully saturated rings. The molecular weight excluding hydrogens is 496 g/mol. The number of cyclic esters (lactones) is 2. The van der Waals surface area contributed by atoms with E-state index in [2.05, 4.69) is 9.98 Å². The molecule has 12 heteroatoms. The van der Waals surface area contributed by atoms with E-state index in [1.165, 1.54) is 60.7 Å². The molecule has 0 spiro atoms. The predicted molar refractivity (Wildman–Crippen MR) is 134 cm³/mol. The van der Waals surface area contributed by atoms with Crippen molar-refractivity contribution in [3.8, 4) is 0 Å². The van der Waals surface area contributed by atoms with Crippen LogP contribution < -0.4 is 0 Å². The number of hydrogen-bond donors (Lipinski definition) is 0. The average molecular weight is 510 g/mol. The maximum atomic E-state index is 12.2. The van der Waals surface area contributed by atoms with Gasteiger partial charge in [0.15, 0.2) is 11.4 Å². The number of benzene rings is 3. The first-order valence-electron chi connectivity index (χ1n) is 10.9. The minimum Gasteiger partial charge on any atom is -0.402 e. The number of non-ortho nitro benzene ring substituents is 2. The van der Waals surface area contributed by atoms with Crippen LogP contribution in [0.4, 0.5) is 11.4 Å². The summed E-state index contributed by atoms with van der Waals surface area (Å²) in [7, 11) is 0. The second-order valence-electron chi connectivity index (χ2n) is 7.95. The Bertz CT molecular complexity index is 1490. The normalized spacial score (nSPS) is 16.7. The van der Waals surface area contributed by atoms with Crippen LogP contribution in [0.25, 0.3) is 12.2 Å². The highest BCUT2D eigenvalue weighted by atomic mass is 16.6. The fourth-order valence-corrected chi connectivity index (χ4v) is 3.52. The first-order chi connectivity index (χ1) is 18.3. The number of nitro benzene ring substituents is 2. The van der Waals surface area contributed by atoms with E-state index in [0.717, 1.165) is 0 Å². The molecule has 2 aliphatic heterocycles. The lowest BCUT2D eigenvalue weighted by Gasteiger charge is -1.98. The highest BCUT2D eigenvalue weighted by molar-refractivity contribution is 6.13. The number of rotatable bonds is 6. The Morgan fingerprint density at radius 2 is 0.921 bits per heavy atom. The third kappa shape index (κ3) is 4.95. The smallest absolute Gasteiger partial charge is 0.363 e. The lowest BCUT2D eigenvalue weighted by atomic mass is 10.1. The molecule has 3 aromatic carbocycles. The molecule has 0 saturated heterocycles. The molecule has 0 bridgehead atoms. The minimum atomic E-state index is -0.661. The average Bonchev–Trinajstić information content (AvgIpc) is 3.47. The van der Waals surface area contributed by atoms with E-state index < -0.39 is 21.8 Å². The number of hydrogen-bond acceptors (Lipinski definition) is 10. The van der Waals surface area contributed by atoms with Gasteiger partial charge in [0.2, 0.25) is 11.8 Å². The standard InChI is InChI=1S/C26H14N4O8/c31-25-21(27-23(37-25)17-5-9-19(10-6-17)29(33)34)13-15-1-2-16(4-3-15)14-22-26(32)38-24(28-22)18-7-11-20(12-8-18)30(35)36/h1-14H/b21-13-,22-14-. The maximum absolute atomic E-state index is 12.2. The fraction of sp³-hybridized carbons (Fsp3) is 0. The second kappa shape index (κ2) is 9.70. The Hall–Kier alpha value is -5.78. The summed E-state index contributed by atoms with van der Waals surface area (Å²) in [6.07, 6.45) is 3.04. The SMILES string of the molecule is O=C1OC(c2ccc([N+](=O)[O-])cc2)=N/C1=C\c1ccc(/C=C2\N=C(c3ccc([N+](=O)[O-])cc3)OC2=O)cc1. The first-order valence-corrected chi connectivity index (χ1v) is 10.9. The fourth-order valence-electron chi connectivity index (χ4n) is 3.52. The topological polar surface area (TPSA) is 164 Å². The Morgan fingerprint density at radius 1 is 0.579 bits per heavy atom. The van der Waals surface area contributed by atoms with Crippen LogP contribution in [0.1, 0.15) is 22.3 Å². The van der Waals surface area contributed by atoms with Crippen LogP contribution in [0.5, 0.6) is 0 Å². The summed E-state index contributed by atoms with van der Waals surface area (Å²) >= 11 is 0. The van der Waals surface area contributed by atoms with Crippen LogP contribution >= 0.6 is 0 Å². The summed E-state index contributed by atoms with van der Waals surface area (Å²) in [5, 5.41) is 21.6. The van der Waals surface area contributed by atoms with Gasteiger partial charge in [0, 0.05) is 35.4 Å². The lowest BCUT2D eigenvalue weighted by Crippen LogP contribution is -2.05. The van der Waals surface area contributed by atoms with E-state index in [9.17, 15) is 29.8 Å². The van der Waals surface area contributed by atoms with Crippen LogP contribution in [0.15, 0.2) is 94.2 Å². The molecule has 0 amide bonds. The molecule has 0 radical (unpaired) electrons. The van der Waals surface area contributed by atoms with Gasteiger partial charge in [-0.3, -0.25) is 20.2 Å². The van der Waals surface area contributed by atoms with E-state index in [0.29, 0.717) is 22.3 Å². The summed E-state index contributed by atoms with van der Waals surface area (Å²) in [5.41, 5.74) is 2.04. The second-order valence-corrected chi connectivity index (χ2v) is 7.95. The van der Waals surface area contributed by atoms with E-state index in [1.807, 2.05) is 0 Å². The maximum Gasteiger partial charge on any atom is 0.363 e. The number of carbonyl (C=O) groups excluding carboxylic acids is 2. The summed E-state index contributed by atoms with van der Waals surface area (Å²) < 4.78 is 10.4. The molecule has 2 aliphatic rings. The molecule has 0 N–H and O–H groups in total. The Kier molecular flexibility index (Phi) is 6.11. The lowest BCUT2D eigenvalue weighted by molar-refractivity contribution is -0.385. The van der Waals surface area contributed by atoms with Gasteiger partial charge in [-0.15, -0.1) is 0 Å². The van der Waals surface area contributed by atoms with Crippen LogP contribution in [-0.2, 0) is 19.1 Å². The van der Waals surface area contributed by atoms with E-state index in [4.69, 9.17) is 9.47 Å². The number of aliphatic imine (C=N–C) groups is 2. The van der Waals surface area contributed by atoms with Gasteiger partial charge in [-0.1, -0.05) is 24.3 Å². The van der Waals surface area contributed by atoms with Gasteiger partial charge in [0.25, 0.3) is 11.4 Å². The van der Waals surface area contributed by atoms with E-state index in [-0.39, 0.29) is 34.6 Å². The van der Waals surface area contributed by atoms with Gasteiger partial charge in [0.05, 0.1) is 9.85 Å². The molecule has 12 nitrogen and oxygen atoms in total. The van der Waals surface area contributed by atoms with Crippen LogP contribution in [0, 0.1) is 20.2 Å². The zero-order valence-electron chi connectivity index (χ0n) is 19.1. The zero-order valence-corrected chi connectivity index (χ0v) is 19.1. The number of ether oxygens (including phenoxy) is 2. The largest absolute Gasteiger partial charge is 0.402 e. The summed E-state index contributed by atoms with van der Waals surface area (Å²) in [4.78, 5) is 53.4. The number of esters is 2. The highest BCUT2D eigenvalue weighted by Crippen LogP contribution is 2.23. The molecular formula is C26H14N4O8. The molecule has 0 aliphatic carbocycles. The van der Waals surface area contributed by atoms with Crippen LogP contribution in [0.3, 0.4) is 0 Å². The predicted octanol–water partition coefficient (Wildman–Crippen LogP) is 4.19. The Morgan fingerprint density at radius 3 is 1.24 bits per heavy atom. The molecule has 2 heterocycles. The van der Waals surface area contributed by atoms with Crippen molar-refractivity contribution in [1.29, 1.82) is 0 Å². The van der Waals surface area contributed by atoms with E-state index >= 15 is 0 Å². The van der Waals surface area contributed by atoms with Gasteiger partial charge >= 0.3 is 11.9 Å². The van der Waals surface area contributed by atoms with Crippen molar-refractivity contribution < 1.29 is 28.9 Å². The van der Waals surface area contributed by atoms with Crippen LogP contribution in [0.2, 0.25) is 0 Å². The van der Waals surface area contributed by atoms with Crippen molar-refractivity contribution in [2.75, 3.05) is 0 Å². The monoisotopic (exact) mass is 510 g/mol. The molecule has 0 saturated carbocycles. The van der Waals surface area contributed by atoms with E-state index in [1.54, 1.807) is 24.3 Å². The third-order valence-corrected chi connectivity index (χ3v) is 5.43. The van der Waals surface area contributed by atoms with Crippen molar-refractivity contribution >= 4 is 47.3 Å². The molecule has 38 heavy (non-hydrogen) atoms. The quantitative estimate of drug-likeness (QED) is 0.206. The van der Waals surface area contributed by atoms with Gasteiger partial charge in [-0.25, -0.2) is 19.6 Å². The summed E-state index contributed by atoms with van der Waals surface area (Å²) in [6, 6.07) is 17.7. The first kappa shape index (κ1) is 23.9. The van der Waals surface area contributed by atoms with Gasteiger partial charge in [-0.2, -0.15) is 0 Å². The molecule has 186 valence electrons. The van der Waals surface area contributed by atoms with Crippen molar-refractivity contribution in [3.63, 3.8) is 0 Å². The number of carbonyl (C=O) groups is 2. The number of nitro groups is 2. The minimum absolute atomic E-state index is 0.0407. The van der Waals surface area contributed by atoms with Crippen molar-refractivity contribution in [2.45, 2.75) is 0 Å². The van der Waals surface area contributed by atoms with Gasteiger partial charge in [-0.05, 0) is 47.5 Å². The van der Waals surface area contributed by atoms with Gasteiger partial charge < -0.3 is 9.47 Å². The molecule has 0 aromatic heterocycles. The van der Waals surface area contributed by atoms with Crippen molar-refractivity contribution in [3.05, 3.63) is 127 Å². The van der Waals surface area contributed by atoms with Crippen molar-refractivity contribution in [2.24, 2.45) is 9.98 Å². The van der Waals surface area contributed by atoms with Crippen LogP contribution in [-0.4, -0.2) is 33.6 Å². The molecule has 3 aromatic rings. The van der Waals surface area contributed by atoms with Gasteiger partial charge in [0.1, 0.15) is 0 Å². The third-order valence-electron chi connectivity index (χ3n) is 5.43. The molecule has 5 rings (SSSR count). The van der Waals surface area contributed by atoms with Crippen molar-refractivity contribution in [1.82, 2.24) is 0 Å². The number of nitrogens with zero attached hydrogens (tertiary/aromatic N) is 4. The Balaban J connectivity index is 1.32. The zero-order chi connectivity index (χ0) is 26.8. The highest BCUT2D eigenvalue weighted by Gasteiger charge is 2.26. The Labute approximate surface area is 213 Å². The molecule has 0 unspecified atom stereocenters.